The minimum Gasteiger partial charge on any atom is -0.397 e. The molecule has 0 spiro atoms. The van der Waals surface area contributed by atoms with E-state index in [2.05, 4.69) is 5.32 Å². The summed E-state index contributed by atoms with van der Waals surface area (Å²) in [6.07, 6.45) is 0.0987. The summed E-state index contributed by atoms with van der Waals surface area (Å²) in [4.78, 5) is 25.7. The standard InChI is InChI=1S/C18H13FN2O2S2/c19-11-5-2-1-4-9(11)10-8-13(22)21-18-14(10)15(20)17(25-18)16(23)12-6-3-7-24-12/h1-7,10H,8,20H2,(H,21,22). The lowest BCUT2D eigenvalue weighted by Crippen LogP contribution is -2.23. The van der Waals surface area contributed by atoms with Crippen LogP contribution in [0.25, 0.3) is 0 Å². The Morgan fingerprint density at radius 2 is 2.04 bits per heavy atom. The molecule has 3 heterocycles. The average Bonchev–Trinajstić information content (AvgIpc) is 3.23. The second kappa shape index (κ2) is 6.09. The number of nitrogens with two attached hydrogens (primary N) is 1. The first kappa shape index (κ1) is 16.0. The number of nitrogens with one attached hydrogen (secondary N) is 1. The van der Waals surface area contributed by atoms with Gasteiger partial charge in [-0.05, 0) is 23.1 Å². The fourth-order valence-corrected chi connectivity index (χ4v) is 4.96. The van der Waals surface area contributed by atoms with Crippen LogP contribution in [0.2, 0.25) is 0 Å². The molecular formula is C18H13FN2O2S2. The van der Waals surface area contributed by atoms with Gasteiger partial charge in [-0.2, -0.15) is 0 Å². The highest BCUT2D eigenvalue weighted by atomic mass is 32.1. The zero-order valence-corrected chi connectivity index (χ0v) is 14.5. The number of thiophene rings is 2. The highest BCUT2D eigenvalue weighted by Gasteiger charge is 2.34. The fraction of sp³-hybridized carbons (Fsp3) is 0.111. The van der Waals surface area contributed by atoms with E-state index < -0.39 is 5.92 Å². The smallest absolute Gasteiger partial charge is 0.225 e. The van der Waals surface area contributed by atoms with Crippen molar-refractivity contribution in [3.63, 3.8) is 0 Å². The van der Waals surface area contributed by atoms with Crippen LogP contribution in [0.15, 0.2) is 41.8 Å². The molecule has 126 valence electrons. The largest absolute Gasteiger partial charge is 0.397 e. The summed E-state index contributed by atoms with van der Waals surface area (Å²) in [5.74, 6) is -1.26. The maximum atomic E-state index is 14.3. The molecule has 1 atom stereocenters. The van der Waals surface area contributed by atoms with E-state index >= 15 is 0 Å². The van der Waals surface area contributed by atoms with Crippen molar-refractivity contribution in [1.82, 2.24) is 0 Å². The molecule has 1 aliphatic rings. The van der Waals surface area contributed by atoms with E-state index in [0.717, 1.165) is 11.3 Å². The molecule has 0 radical (unpaired) electrons. The number of fused-ring (bicyclic) bond motifs is 1. The number of rotatable bonds is 3. The third-order valence-electron chi connectivity index (χ3n) is 4.21. The van der Waals surface area contributed by atoms with E-state index in [9.17, 15) is 14.0 Å². The van der Waals surface area contributed by atoms with Gasteiger partial charge in [-0.1, -0.05) is 24.3 Å². The van der Waals surface area contributed by atoms with Crippen LogP contribution in [0.5, 0.6) is 0 Å². The normalized spacial score (nSPS) is 16.4. The predicted octanol–water partition coefficient (Wildman–Crippen LogP) is 4.24. The van der Waals surface area contributed by atoms with Gasteiger partial charge in [0.1, 0.15) is 15.7 Å². The molecule has 25 heavy (non-hydrogen) atoms. The summed E-state index contributed by atoms with van der Waals surface area (Å²) in [7, 11) is 0. The van der Waals surface area contributed by atoms with Crippen molar-refractivity contribution < 1.29 is 14.0 Å². The second-order valence-electron chi connectivity index (χ2n) is 5.72. The minimum absolute atomic E-state index is 0.0987. The van der Waals surface area contributed by atoms with Crippen LogP contribution in [-0.2, 0) is 4.79 Å². The lowest BCUT2D eigenvalue weighted by atomic mass is 9.86. The summed E-state index contributed by atoms with van der Waals surface area (Å²) in [5, 5.41) is 5.12. The fourth-order valence-electron chi connectivity index (χ4n) is 3.07. The molecule has 0 saturated carbocycles. The van der Waals surface area contributed by atoms with Crippen LogP contribution >= 0.6 is 22.7 Å². The van der Waals surface area contributed by atoms with Crippen LogP contribution in [-0.4, -0.2) is 11.7 Å². The molecule has 3 N–H and O–H groups in total. The van der Waals surface area contributed by atoms with Crippen molar-refractivity contribution in [1.29, 1.82) is 0 Å². The third kappa shape index (κ3) is 2.65. The summed E-state index contributed by atoms with van der Waals surface area (Å²) in [6.45, 7) is 0. The number of anilines is 2. The lowest BCUT2D eigenvalue weighted by molar-refractivity contribution is -0.116. The first-order chi connectivity index (χ1) is 12.1. The van der Waals surface area contributed by atoms with Crippen molar-refractivity contribution in [2.75, 3.05) is 11.1 Å². The molecule has 4 nitrogen and oxygen atoms in total. The molecule has 0 saturated heterocycles. The number of hydrogen-bond donors (Lipinski definition) is 2. The molecule has 0 bridgehead atoms. The van der Waals surface area contributed by atoms with Gasteiger partial charge >= 0.3 is 0 Å². The van der Waals surface area contributed by atoms with E-state index in [1.807, 2.05) is 5.38 Å². The van der Waals surface area contributed by atoms with Crippen LogP contribution in [0.3, 0.4) is 0 Å². The number of halogens is 1. The Morgan fingerprint density at radius 1 is 1.24 bits per heavy atom. The van der Waals surface area contributed by atoms with Crippen LogP contribution in [0.4, 0.5) is 15.1 Å². The van der Waals surface area contributed by atoms with Gasteiger partial charge in [-0.15, -0.1) is 22.7 Å². The number of amides is 1. The molecule has 0 aliphatic carbocycles. The van der Waals surface area contributed by atoms with Gasteiger partial charge in [-0.3, -0.25) is 9.59 Å². The van der Waals surface area contributed by atoms with E-state index in [1.165, 1.54) is 17.4 Å². The van der Waals surface area contributed by atoms with Crippen molar-refractivity contribution in [2.45, 2.75) is 12.3 Å². The predicted molar refractivity (Wildman–Crippen MR) is 98.0 cm³/mol. The first-order valence-corrected chi connectivity index (χ1v) is 9.30. The Morgan fingerprint density at radius 3 is 2.76 bits per heavy atom. The van der Waals surface area contributed by atoms with Gasteiger partial charge in [0.25, 0.3) is 0 Å². The molecule has 1 amide bonds. The van der Waals surface area contributed by atoms with Gasteiger partial charge in [0, 0.05) is 17.9 Å². The Hall–Kier alpha value is -2.51. The Bertz CT molecular complexity index is 979. The van der Waals surface area contributed by atoms with E-state index in [4.69, 9.17) is 5.73 Å². The quantitative estimate of drug-likeness (QED) is 0.676. The lowest BCUT2D eigenvalue weighted by Gasteiger charge is -2.24. The van der Waals surface area contributed by atoms with Gasteiger partial charge in [0.2, 0.25) is 11.7 Å². The van der Waals surface area contributed by atoms with Crippen molar-refractivity contribution in [2.24, 2.45) is 0 Å². The van der Waals surface area contributed by atoms with Gasteiger partial charge in [0.05, 0.1) is 10.6 Å². The number of nitrogen functional groups attached to an aromatic ring is 1. The van der Waals surface area contributed by atoms with E-state index in [0.29, 0.717) is 31.6 Å². The van der Waals surface area contributed by atoms with Crippen molar-refractivity contribution >= 4 is 45.1 Å². The number of ketones is 1. The van der Waals surface area contributed by atoms with Crippen LogP contribution in [0.1, 0.15) is 38.0 Å². The van der Waals surface area contributed by atoms with Crippen molar-refractivity contribution in [3.8, 4) is 0 Å². The number of carbonyl (C=O) groups is 2. The number of carbonyl (C=O) groups excluding carboxylic acids is 2. The minimum atomic E-state index is -0.494. The molecule has 1 aliphatic heterocycles. The topological polar surface area (TPSA) is 72.2 Å². The number of hydrogen-bond acceptors (Lipinski definition) is 5. The third-order valence-corrected chi connectivity index (χ3v) is 6.21. The zero-order chi connectivity index (χ0) is 17.6. The maximum absolute atomic E-state index is 14.3. The first-order valence-electron chi connectivity index (χ1n) is 7.61. The average molecular weight is 372 g/mol. The summed E-state index contributed by atoms with van der Waals surface area (Å²) in [6, 6.07) is 9.88. The van der Waals surface area contributed by atoms with Crippen LogP contribution in [0, 0.1) is 5.82 Å². The Labute approximate surface area is 151 Å². The van der Waals surface area contributed by atoms with Gasteiger partial charge in [0.15, 0.2) is 0 Å². The van der Waals surface area contributed by atoms with E-state index in [-0.39, 0.29) is 23.9 Å². The van der Waals surface area contributed by atoms with Crippen molar-refractivity contribution in [3.05, 3.63) is 68.5 Å². The molecule has 1 unspecified atom stereocenters. The molecule has 3 aromatic rings. The molecule has 4 rings (SSSR count). The molecule has 0 fully saturated rings. The summed E-state index contributed by atoms with van der Waals surface area (Å²) < 4.78 is 14.3. The molecule has 2 aromatic heterocycles. The van der Waals surface area contributed by atoms with E-state index in [1.54, 1.807) is 30.3 Å². The van der Waals surface area contributed by atoms with Gasteiger partial charge < -0.3 is 11.1 Å². The zero-order valence-electron chi connectivity index (χ0n) is 12.9. The Balaban J connectivity index is 1.85. The van der Waals surface area contributed by atoms with Gasteiger partial charge in [-0.25, -0.2) is 4.39 Å². The SMILES string of the molecule is Nc1c(C(=O)c2cccs2)sc2c1C(c1ccccc1F)CC(=O)N2. The maximum Gasteiger partial charge on any atom is 0.225 e. The molecule has 7 heteroatoms. The molecular weight excluding hydrogens is 359 g/mol. The highest BCUT2D eigenvalue weighted by molar-refractivity contribution is 7.20. The summed E-state index contributed by atoms with van der Waals surface area (Å²) >= 11 is 2.49. The highest BCUT2D eigenvalue weighted by Crippen LogP contribution is 2.48. The monoisotopic (exact) mass is 372 g/mol. The summed E-state index contributed by atoms with van der Waals surface area (Å²) in [5.41, 5.74) is 7.65. The number of benzene rings is 1. The second-order valence-corrected chi connectivity index (χ2v) is 7.69. The Kier molecular flexibility index (Phi) is 3.89. The van der Waals surface area contributed by atoms with Crippen LogP contribution < -0.4 is 11.1 Å². The molecule has 1 aromatic carbocycles.